The molecular weight excluding hydrogens is 187 g/mol. The molecule has 1 aromatic heterocycles. The van der Waals surface area contributed by atoms with Gasteiger partial charge in [-0.15, -0.1) is 0 Å². The van der Waals surface area contributed by atoms with Crippen molar-refractivity contribution in [2.24, 2.45) is 0 Å². The lowest BCUT2D eigenvalue weighted by Gasteiger charge is -2.03. The fourth-order valence-electron chi connectivity index (χ4n) is 0.656. The summed E-state index contributed by atoms with van der Waals surface area (Å²) in [6.07, 6.45) is -4.71. The number of halogens is 3. The molecule has 0 fully saturated rings. The Labute approximate surface area is 69.7 Å². The van der Waals surface area contributed by atoms with Gasteiger partial charge in [-0.3, -0.25) is 9.78 Å². The zero-order chi connectivity index (χ0) is 10.1. The van der Waals surface area contributed by atoms with Crippen LogP contribution in [0.25, 0.3) is 0 Å². The number of rotatable bonds is 0. The van der Waals surface area contributed by atoms with E-state index in [9.17, 15) is 18.0 Å². The van der Waals surface area contributed by atoms with Crippen molar-refractivity contribution in [2.75, 3.05) is 0 Å². The molecule has 0 aliphatic rings. The van der Waals surface area contributed by atoms with E-state index in [1.807, 2.05) is 4.98 Å². The quantitative estimate of drug-likeness (QED) is 0.651. The van der Waals surface area contributed by atoms with Gasteiger partial charge in [0.25, 0.3) is 5.56 Å². The number of nitrogens with one attached hydrogen (secondary N) is 1. The topological polar surface area (TPSA) is 69.5 Å². The molecule has 1 heterocycles. The third-order valence-corrected chi connectivity index (χ3v) is 1.14. The number of nitrogens with zero attached hydrogens (tertiary/aromatic N) is 2. The van der Waals surface area contributed by atoms with E-state index in [0.29, 0.717) is 6.07 Å². The van der Waals surface area contributed by atoms with Crippen molar-refractivity contribution < 1.29 is 13.2 Å². The minimum absolute atomic E-state index is 0.292. The second-order valence-corrected chi connectivity index (χ2v) is 2.09. The maximum Gasteiger partial charge on any atom is 0.433 e. The van der Waals surface area contributed by atoms with Crippen LogP contribution in [0.3, 0.4) is 0 Å². The lowest BCUT2D eigenvalue weighted by atomic mass is 10.4. The van der Waals surface area contributed by atoms with Crippen LogP contribution in [0.1, 0.15) is 11.5 Å². The number of aromatic nitrogens is 2. The zero-order valence-electron chi connectivity index (χ0n) is 6.01. The maximum absolute atomic E-state index is 12.0. The largest absolute Gasteiger partial charge is 0.433 e. The Morgan fingerprint density at radius 1 is 1.54 bits per heavy atom. The van der Waals surface area contributed by atoms with Crippen LogP contribution in [-0.4, -0.2) is 9.97 Å². The fraction of sp³-hybridized carbons (Fsp3) is 0.167. The van der Waals surface area contributed by atoms with Crippen molar-refractivity contribution >= 4 is 0 Å². The van der Waals surface area contributed by atoms with Gasteiger partial charge >= 0.3 is 6.18 Å². The highest BCUT2D eigenvalue weighted by Gasteiger charge is 2.33. The molecular formula is C6H2F3N3O. The normalized spacial score (nSPS) is 10.9. The molecule has 0 aliphatic carbocycles. The Hall–Kier alpha value is -1.84. The minimum atomic E-state index is -4.71. The van der Waals surface area contributed by atoms with Crippen LogP contribution in [0.4, 0.5) is 13.2 Å². The molecule has 1 rings (SSSR count). The molecule has 13 heavy (non-hydrogen) atoms. The van der Waals surface area contributed by atoms with Gasteiger partial charge in [-0.25, -0.2) is 4.98 Å². The Kier molecular flexibility index (Phi) is 2.06. The molecule has 7 heteroatoms. The average Bonchev–Trinajstić information content (AvgIpc) is 2.01. The first kappa shape index (κ1) is 9.25. The van der Waals surface area contributed by atoms with Crippen molar-refractivity contribution in [3.63, 3.8) is 0 Å². The van der Waals surface area contributed by atoms with Gasteiger partial charge in [-0.05, 0) is 0 Å². The fourth-order valence-corrected chi connectivity index (χ4v) is 0.656. The van der Waals surface area contributed by atoms with Crippen LogP contribution in [0.2, 0.25) is 0 Å². The smallest absolute Gasteiger partial charge is 0.298 e. The van der Waals surface area contributed by atoms with Gasteiger partial charge in [-0.2, -0.15) is 18.4 Å². The van der Waals surface area contributed by atoms with Gasteiger partial charge in [0.15, 0.2) is 5.69 Å². The van der Waals surface area contributed by atoms with Crippen LogP contribution >= 0.6 is 0 Å². The molecule has 0 amide bonds. The molecule has 1 N–H and O–H groups in total. The Morgan fingerprint density at radius 2 is 2.15 bits per heavy atom. The van der Waals surface area contributed by atoms with Crippen molar-refractivity contribution in [3.05, 3.63) is 27.9 Å². The van der Waals surface area contributed by atoms with Crippen molar-refractivity contribution in [3.8, 4) is 6.07 Å². The average molecular weight is 189 g/mol. The van der Waals surface area contributed by atoms with Crippen LogP contribution in [0.5, 0.6) is 0 Å². The Bertz CT molecular complexity index is 414. The van der Waals surface area contributed by atoms with E-state index in [1.165, 1.54) is 6.07 Å². The number of H-pyrrole nitrogens is 1. The highest BCUT2D eigenvalue weighted by Crippen LogP contribution is 2.26. The molecule has 0 saturated heterocycles. The molecule has 0 bridgehead atoms. The van der Waals surface area contributed by atoms with E-state index >= 15 is 0 Å². The van der Waals surface area contributed by atoms with E-state index in [-0.39, 0.29) is 0 Å². The Balaban J connectivity index is 3.35. The molecule has 1 aromatic rings. The van der Waals surface area contributed by atoms with Crippen molar-refractivity contribution in [2.45, 2.75) is 6.18 Å². The molecule has 4 nitrogen and oxygen atoms in total. The number of hydrogen-bond acceptors (Lipinski definition) is 3. The summed E-state index contributed by atoms with van der Waals surface area (Å²) in [5.74, 6) is -0.653. The predicted octanol–water partition coefficient (Wildman–Crippen LogP) is 0.660. The SMILES string of the molecule is N#Cc1nc(C(F)(F)F)cc(=O)[nH]1. The first-order valence-corrected chi connectivity index (χ1v) is 3.02. The summed E-state index contributed by atoms with van der Waals surface area (Å²) in [6.45, 7) is 0. The molecule has 0 aromatic carbocycles. The predicted molar refractivity (Wildman–Crippen MR) is 34.6 cm³/mol. The Morgan fingerprint density at radius 3 is 2.62 bits per heavy atom. The summed E-state index contributed by atoms with van der Waals surface area (Å²) in [7, 11) is 0. The number of hydrogen-bond donors (Lipinski definition) is 1. The monoisotopic (exact) mass is 189 g/mol. The summed E-state index contributed by atoms with van der Waals surface area (Å²) in [4.78, 5) is 15.3. The summed E-state index contributed by atoms with van der Waals surface area (Å²) < 4.78 is 35.9. The van der Waals surface area contributed by atoms with Crippen LogP contribution in [0.15, 0.2) is 10.9 Å². The lowest BCUT2D eigenvalue weighted by Crippen LogP contribution is -2.17. The van der Waals surface area contributed by atoms with Gasteiger partial charge in [0, 0.05) is 6.07 Å². The van der Waals surface area contributed by atoms with Crippen LogP contribution < -0.4 is 5.56 Å². The summed E-state index contributed by atoms with van der Waals surface area (Å²) in [5.41, 5.74) is -2.37. The highest BCUT2D eigenvalue weighted by molar-refractivity contribution is 5.14. The first-order valence-electron chi connectivity index (χ1n) is 3.02. The van der Waals surface area contributed by atoms with Crippen LogP contribution in [0, 0.1) is 11.3 Å². The van der Waals surface area contributed by atoms with E-state index in [0.717, 1.165) is 0 Å². The maximum atomic E-state index is 12.0. The molecule has 0 unspecified atom stereocenters. The minimum Gasteiger partial charge on any atom is -0.298 e. The van der Waals surface area contributed by atoms with E-state index in [1.54, 1.807) is 0 Å². The molecule has 0 radical (unpaired) electrons. The van der Waals surface area contributed by atoms with Gasteiger partial charge in [-0.1, -0.05) is 0 Å². The van der Waals surface area contributed by atoms with E-state index in [4.69, 9.17) is 5.26 Å². The van der Waals surface area contributed by atoms with Crippen molar-refractivity contribution in [1.82, 2.24) is 9.97 Å². The molecule has 68 valence electrons. The van der Waals surface area contributed by atoms with Gasteiger partial charge in [0.05, 0.1) is 0 Å². The van der Waals surface area contributed by atoms with Crippen LogP contribution in [-0.2, 0) is 6.18 Å². The second-order valence-electron chi connectivity index (χ2n) is 2.09. The van der Waals surface area contributed by atoms with Crippen molar-refractivity contribution in [1.29, 1.82) is 5.26 Å². The van der Waals surface area contributed by atoms with E-state index < -0.39 is 23.3 Å². The summed E-state index contributed by atoms with van der Waals surface area (Å²) in [5, 5.41) is 8.20. The molecule has 0 spiro atoms. The number of alkyl halides is 3. The number of aromatic amines is 1. The van der Waals surface area contributed by atoms with E-state index in [2.05, 4.69) is 4.98 Å². The van der Waals surface area contributed by atoms with Gasteiger partial charge in [0.2, 0.25) is 5.82 Å². The molecule has 0 saturated carbocycles. The summed E-state index contributed by atoms with van der Waals surface area (Å²) >= 11 is 0. The summed E-state index contributed by atoms with van der Waals surface area (Å²) in [6, 6.07) is 1.61. The third-order valence-electron chi connectivity index (χ3n) is 1.14. The molecule has 0 atom stereocenters. The zero-order valence-corrected chi connectivity index (χ0v) is 6.01. The number of nitriles is 1. The third kappa shape index (κ3) is 2.05. The van der Waals surface area contributed by atoms with Gasteiger partial charge < -0.3 is 0 Å². The molecule has 0 aliphatic heterocycles. The first-order chi connectivity index (χ1) is 5.93. The lowest BCUT2D eigenvalue weighted by molar-refractivity contribution is -0.141. The second kappa shape index (κ2) is 2.90. The van der Waals surface area contributed by atoms with Gasteiger partial charge in [0.1, 0.15) is 6.07 Å². The standard InChI is InChI=1S/C6H2F3N3O/c7-6(8,9)3-1-5(13)12-4(2-10)11-3/h1H,(H,11,12,13). The highest BCUT2D eigenvalue weighted by atomic mass is 19.4.